The normalized spacial score (nSPS) is 15.5. The van der Waals surface area contributed by atoms with Crippen LogP contribution in [0.5, 0.6) is 57.5 Å². The number of rotatable bonds is 0. The second kappa shape index (κ2) is 12.9. The lowest BCUT2D eigenvalue weighted by atomic mass is 10.1. The molecule has 0 aromatic heterocycles. The summed E-state index contributed by atoms with van der Waals surface area (Å²) in [4.78, 5) is 0. The molecule has 2 aliphatic heterocycles. The van der Waals surface area contributed by atoms with E-state index >= 15 is 0 Å². The van der Waals surface area contributed by atoms with E-state index in [9.17, 15) is 30.6 Å². The highest BCUT2D eigenvalue weighted by molar-refractivity contribution is 6.38. The molecule has 4 aromatic carbocycles. The first-order valence-electron chi connectivity index (χ1n) is 13.1. The van der Waals surface area contributed by atoms with Crippen molar-refractivity contribution >= 4 is 46.4 Å². The highest BCUT2D eigenvalue weighted by Gasteiger charge is 2.22. The van der Waals surface area contributed by atoms with Crippen molar-refractivity contribution in [3.8, 4) is 57.5 Å². The Balaban J connectivity index is 1.63. The number of hydrogen-bond acceptors (Lipinski definition) is 8. The van der Waals surface area contributed by atoms with Crippen LogP contribution in [0.1, 0.15) is 22.3 Å². The van der Waals surface area contributed by atoms with E-state index in [1.165, 1.54) is 36.4 Å². The van der Waals surface area contributed by atoms with Crippen LogP contribution < -0.4 is 9.47 Å². The van der Waals surface area contributed by atoms with Crippen LogP contribution in [0.25, 0.3) is 0 Å². The lowest BCUT2D eigenvalue weighted by Crippen LogP contribution is -1.97. The molecule has 12 heteroatoms. The van der Waals surface area contributed by atoms with Crippen LogP contribution in [-0.2, 0) is 25.7 Å². The van der Waals surface area contributed by atoms with Gasteiger partial charge in [-0.05, 0) is 49.1 Å². The number of phenolic OH excluding ortho intramolecular Hbond substituents is 6. The highest BCUT2D eigenvalue weighted by Crippen LogP contribution is 2.47. The number of allylic oxidation sites excluding steroid dienone is 4. The standard InChI is InChI=1S/C32H24Cl4O8/c33-18-5-6-20-24(39)14-22(35)31(29(20)36)44-30-17(10-19(37)12-27(30)42)4-2-1-3-16-11-28(21(34)13-23(16)38)43-32-25(40)8-15(7-18)9-26(32)41/h1-2,5,8-14,37-42H,3-4,6-7H2/b2-1-,18-5+. The zero-order valence-corrected chi connectivity index (χ0v) is 25.6. The molecule has 6 N–H and O–H groups in total. The Labute approximate surface area is 271 Å². The predicted molar refractivity (Wildman–Crippen MR) is 169 cm³/mol. The van der Waals surface area contributed by atoms with Gasteiger partial charge in [0, 0.05) is 46.3 Å². The summed E-state index contributed by atoms with van der Waals surface area (Å²) in [5, 5.41) is 63.5. The average Bonchev–Trinajstić information content (AvgIpc) is 2.93. The molecule has 0 spiro atoms. The molecule has 228 valence electrons. The van der Waals surface area contributed by atoms with Crippen LogP contribution in [-0.4, -0.2) is 30.6 Å². The molecular formula is C32H24Cl4O8. The molecule has 0 saturated heterocycles. The summed E-state index contributed by atoms with van der Waals surface area (Å²) in [6, 6.07) is 9.25. The molecule has 2 aliphatic rings. The number of aromatic hydroxyl groups is 6. The summed E-state index contributed by atoms with van der Waals surface area (Å²) in [5.41, 5.74) is 1.48. The van der Waals surface area contributed by atoms with Crippen LogP contribution in [0.3, 0.4) is 0 Å². The molecule has 6 bridgehead atoms. The largest absolute Gasteiger partial charge is 0.508 e. The van der Waals surface area contributed by atoms with Gasteiger partial charge in [0.15, 0.2) is 28.7 Å². The van der Waals surface area contributed by atoms with Crippen molar-refractivity contribution in [1.29, 1.82) is 0 Å². The van der Waals surface area contributed by atoms with Gasteiger partial charge in [-0.25, -0.2) is 0 Å². The Kier molecular flexibility index (Phi) is 9.18. The van der Waals surface area contributed by atoms with Crippen molar-refractivity contribution in [2.75, 3.05) is 0 Å². The van der Waals surface area contributed by atoms with Gasteiger partial charge in [0.05, 0.1) is 15.1 Å². The van der Waals surface area contributed by atoms with Crippen molar-refractivity contribution in [1.82, 2.24) is 0 Å². The van der Waals surface area contributed by atoms with Crippen molar-refractivity contribution in [3.63, 3.8) is 0 Å². The second-order valence-corrected chi connectivity index (χ2v) is 11.6. The van der Waals surface area contributed by atoms with Crippen LogP contribution in [0.2, 0.25) is 15.1 Å². The number of fused-ring (bicyclic) bond motifs is 6. The molecule has 2 heterocycles. The predicted octanol–water partition coefficient (Wildman–Crippen LogP) is 9.03. The fraction of sp³-hybridized carbons (Fsp3) is 0.125. The van der Waals surface area contributed by atoms with Crippen molar-refractivity contribution in [2.24, 2.45) is 0 Å². The Hall–Kier alpha value is -4.08. The summed E-state index contributed by atoms with van der Waals surface area (Å²) in [5.74, 6) is -1.88. The smallest absolute Gasteiger partial charge is 0.210 e. The fourth-order valence-electron chi connectivity index (χ4n) is 4.64. The quantitative estimate of drug-likeness (QED) is 0.101. The molecule has 0 amide bonds. The zero-order chi connectivity index (χ0) is 31.7. The van der Waals surface area contributed by atoms with E-state index < -0.39 is 0 Å². The lowest BCUT2D eigenvalue weighted by Gasteiger charge is -2.17. The molecule has 0 aliphatic carbocycles. The monoisotopic (exact) mass is 676 g/mol. The molecule has 0 fully saturated rings. The molecule has 0 atom stereocenters. The van der Waals surface area contributed by atoms with Crippen molar-refractivity contribution < 1.29 is 40.1 Å². The number of hydrogen-bond donors (Lipinski definition) is 6. The van der Waals surface area contributed by atoms with Gasteiger partial charge in [-0.3, -0.25) is 0 Å². The third kappa shape index (κ3) is 6.69. The number of halogens is 4. The number of ether oxygens (including phenoxy) is 2. The van der Waals surface area contributed by atoms with Gasteiger partial charge in [-0.1, -0.05) is 64.6 Å². The van der Waals surface area contributed by atoms with E-state index in [0.29, 0.717) is 21.7 Å². The maximum atomic E-state index is 10.7. The summed E-state index contributed by atoms with van der Waals surface area (Å²) >= 11 is 25.8. The van der Waals surface area contributed by atoms with E-state index in [0.717, 1.165) is 6.07 Å². The van der Waals surface area contributed by atoms with Crippen LogP contribution >= 0.6 is 46.4 Å². The van der Waals surface area contributed by atoms with Gasteiger partial charge in [0.25, 0.3) is 0 Å². The molecule has 8 nitrogen and oxygen atoms in total. The first kappa shape index (κ1) is 31.3. The highest BCUT2D eigenvalue weighted by atomic mass is 35.5. The van der Waals surface area contributed by atoms with E-state index in [4.69, 9.17) is 55.9 Å². The molecular weight excluding hydrogens is 654 g/mol. The van der Waals surface area contributed by atoms with Gasteiger partial charge < -0.3 is 40.1 Å². The maximum Gasteiger partial charge on any atom is 0.210 e. The minimum Gasteiger partial charge on any atom is -0.508 e. The van der Waals surface area contributed by atoms with E-state index in [1.54, 1.807) is 18.2 Å². The molecule has 6 rings (SSSR count). The summed E-state index contributed by atoms with van der Waals surface area (Å²) < 4.78 is 11.8. The Morgan fingerprint density at radius 2 is 1.18 bits per heavy atom. The Morgan fingerprint density at radius 1 is 0.545 bits per heavy atom. The first-order chi connectivity index (χ1) is 20.9. The van der Waals surface area contributed by atoms with E-state index in [2.05, 4.69) is 0 Å². The summed E-state index contributed by atoms with van der Waals surface area (Å²) in [7, 11) is 0. The fourth-order valence-corrected chi connectivity index (χ4v) is 5.67. The van der Waals surface area contributed by atoms with Gasteiger partial charge in [0.2, 0.25) is 5.75 Å². The average molecular weight is 678 g/mol. The first-order valence-corrected chi connectivity index (χ1v) is 14.6. The minimum absolute atomic E-state index is 0.0173. The molecule has 44 heavy (non-hydrogen) atoms. The Morgan fingerprint density at radius 3 is 1.89 bits per heavy atom. The molecule has 4 aromatic rings. The number of benzene rings is 4. The topological polar surface area (TPSA) is 140 Å². The third-order valence-electron chi connectivity index (χ3n) is 6.79. The van der Waals surface area contributed by atoms with Gasteiger partial charge in [-0.15, -0.1) is 0 Å². The SMILES string of the molecule is Oc1cc(O)c2c(c1)C/C=C\Cc1cc(c(Cl)cc1O)Oc1c(O)cc(cc1O)C/C(Cl)=C\Cc1c(O)cc(Cl)c(c1Cl)O2. The van der Waals surface area contributed by atoms with Crippen LogP contribution in [0, 0.1) is 0 Å². The van der Waals surface area contributed by atoms with Gasteiger partial charge >= 0.3 is 0 Å². The van der Waals surface area contributed by atoms with Crippen molar-refractivity contribution in [3.05, 3.63) is 103 Å². The van der Waals surface area contributed by atoms with E-state index in [-0.39, 0.29) is 104 Å². The molecule has 0 saturated carbocycles. The summed E-state index contributed by atoms with van der Waals surface area (Å²) in [6.45, 7) is 0. The summed E-state index contributed by atoms with van der Waals surface area (Å²) in [6.07, 6.45) is 5.55. The number of phenols is 6. The molecule has 0 radical (unpaired) electrons. The van der Waals surface area contributed by atoms with Crippen molar-refractivity contribution in [2.45, 2.75) is 25.7 Å². The zero-order valence-electron chi connectivity index (χ0n) is 22.6. The maximum absolute atomic E-state index is 10.7. The minimum atomic E-state index is -0.373. The van der Waals surface area contributed by atoms with Crippen LogP contribution in [0.4, 0.5) is 0 Å². The Bertz CT molecular complexity index is 1810. The molecule has 0 unspecified atom stereocenters. The van der Waals surface area contributed by atoms with E-state index in [1.807, 2.05) is 0 Å². The van der Waals surface area contributed by atoms with Gasteiger partial charge in [-0.2, -0.15) is 0 Å². The van der Waals surface area contributed by atoms with Gasteiger partial charge in [0.1, 0.15) is 23.0 Å². The third-order valence-corrected chi connectivity index (χ3v) is 8.05. The van der Waals surface area contributed by atoms with Crippen LogP contribution in [0.15, 0.2) is 65.7 Å². The lowest BCUT2D eigenvalue weighted by molar-refractivity contribution is 0.375. The second-order valence-electron chi connectivity index (χ2n) is 9.94.